The van der Waals surface area contributed by atoms with E-state index in [-0.39, 0.29) is 0 Å². The van der Waals surface area contributed by atoms with E-state index in [1.807, 2.05) is 44.1 Å². The summed E-state index contributed by atoms with van der Waals surface area (Å²) < 4.78 is 0. The second-order valence-electron chi connectivity index (χ2n) is 7.34. The van der Waals surface area contributed by atoms with Gasteiger partial charge in [-0.05, 0) is 50.6 Å². The van der Waals surface area contributed by atoms with E-state index >= 15 is 0 Å². The number of piperidine rings is 1. The number of carbonyl (C=O) groups is 3. The lowest BCUT2D eigenvalue weighted by molar-refractivity contribution is -0.127. The van der Waals surface area contributed by atoms with Crippen LogP contribution in [-0.2, 0) is 14.4 Å². The highest BCUT2D eigenvalue weighted by atomic mass is 16.2. The van der Waals surface area contributed by atoms with Gasteiger partial charge < -0.3 is 15.1 Å². The minimum Gasteiger partial charge on any atom is -0.376 e. The molecule has 1 aromatic rings. The molecule has 2 rings (SSSR count). The summed E-state index contributed by atoms with van der Waals surface area (Å²) in [6.07, 6.45) is 4.23. The summed E-state index contributed by atoms with van der Waals surface area (Å²) >= 11 is 0. The summed E-state index contributed by atoms with van der Waals surface area (Å²) in [5, 5.41) is 5.51. The Balaban J connectivity index is 2.36. The molecule has 0 spiro atoms. The number of benzene rings is 1. The van der Waals surface area contributed by atoms with Crippen LogP contribution in [0.3, 0.4) is 0 Å². The zero-order chi connectivity index (χ0) is 21.2. The molecule has 0 bridgehead atoms. The van der Waals surface area contributed by atoms with Crippen LogP contribution < -0.4 is 20.4 Å². The molecule has 7 heteroatoms. The third-order valence-corrected chi connectivity index (χ3v) is 5.01. The molecule has 7 nitrogen and oxygen atoms in total. The summed E-state index contributed by atoms with van der Waals surface area (Å²) in [5.41, 5.74) is 2.26. The first-order valence-corrected chi connectivity index (χ1v) is 10.0. The Bertz CT molecular complexity index is 776. The first-order valence-electron chi connectivity index (χ1n) is 10.0. The summed E-state index contributed by atoms with van der Waals surface area (Å²) in [6, 6.07) is 4.86. The molecule has 0 aromatic heterocycles. The molecule has 1 aromatic carbocycles. The third kappa shape index (κ3) is 6.06. The van der Waals surface area contributed by atoms with Crippen molar-refractivity contribution in [1.29, 1.82) is 0 Å². The second-order valence-corrected chi connectivity index (χ2v) is 7.34. The maximum absolute atomic E-state index is 12.3. The van der Waals surface area contributed by atoms with Crippen LogP contribution in [0.15, 0.2) is 18.2 Å². The monoisotopic (exact) mass is 398 g/mol. The van der Waals surface area contributed by atoms with Crippen molar-refractivity contribution >= 4 is 30.1 Å². The summed E-state index contributed by atoms with van der Waals surface area (Å²) in [6.45, 7) is 3.92. The van der Waals surface area contributed by atoms with Crippen LogP contribution >= 0.6 is 0 Å². The molecule has 2 N–H and O–H groups in total. The van der Waals surface area contributed by atoms with E-state index in [1.54, 1.807) is 0 Å². The van der Waals surface area contributed by atoms with Crippen molar-refractivity contribution in [2.45, 2.75) is 38.6 Å². The van der Waals surface area contributed by atoms with Gasteiger partial charge in [0.05, 0.1) is 11.4 Å². The molecule has 1 heterocycles. The summed E-state index contributed by atoms with van der Waals surface area (Å²) in [4.78, 5) is 38.3. The molecule has 0 radical (unpaired) electrons. The summed E-state index contributed by atoms with van der Waals surface area (Å²) in [7, 11) is 3.76. The number of amides is 3. The molecule has 0 aliphatic carbocycles. The lowest BCUT2D eigenvalue weighted by Crippen LogP contribution is -2.46. The number of hydrogen-bond acceptors (Lipinski definition) is 5. The minimum atomic E-state index is -0.756. The van der Waals surface area contributed by atoms with Gasteiger partial charge in [-0.3, -0.25) is 19.7 Å². The van der Waals surface area contributed by atoms with Gasteiger partial charge in [-0.2, -0.15) is 0 Å². The van der Waals surface area contributed by atoms with E-state index in [0.29, 0.717) is 37.3 Å². The molecule has 1 fully saturated rings. The van der Waals surface area contributed by atoms with Crippen LogP contribution in [0.1, 0.15) is 38.2 Å². The number of nitrogens with one attached hydrogen (secondary N) is 2. The Morgan fingerprint density at radius 1 is 1.28 bits per heavy atom. The number of imide groups is 1. The minimum absolute atomic E-state index is 0.348. The quantitative estimate of drug-likeness (QED) is 0.512. The van der Waals surface area contributed by atoms with E-state index in [4.69, 9.17) is 0 Å². The molecular weight excluding hydrogens is 368 g/mol. The van der Waals surface area contributed by atoms with Gasteiger partial charge in [0.2, 0.25) is 18.7 Å². The van der Waals surface area contributed by atoms with E-state index in [9.17, 15) is 14.4 Å². The first kappa shape index (κ1) is 22.4. The standard InChI is InChI=1S/C22H30N4O3/c1-4-5-20(22(29)24-15-27)26(16-28)19-9-8-18(14-21(19)25(2)3)7-6-17-10-12-23-13-11-17/h8-9,14-17,20,23H,4-5,10-13H2,1-3H3,(H,24,27,29). The van der Waals surface area contributed by atoms with E-state index in [1.165, 1.54) is 4.90 Å². The van der Waals surface area contributed by atoms with Gasteiger partial charge in [0, 0.05) is 25.6 Å². The van der Waals surface area contributed by atoms with Crippen LogP contribution in [0.5, 0.6) is 0 Å². The Labute approximate surface area is 172 Å². The van der Waals surface area contributed by atoms with Gasteiger partial charge in [-0.25, -0.2) is 0 Å². The zero-order valence-electron chi connectivity index (χ0n) is 17.4. The summed E-state index contributed by atoms with van der Waals surface area (Å²) in [5.74, 6) is 6.51. The predicted octanol–water partition coefficient (Wildman–Crippen LogP) is 1.51. The fourth-order valence-electron chi connectivity index (χ4n) is 3.45. The van der Waals surface area contributed by atoms with Gasteiger partial charge in [0.25, 0.3) is 0 Å². The number of nitrogens with zero attached hydrogens (tertiary/aromatic N) is 2. The van der Waals surface area contributed by atoms with E-state index in [2.05, 4.69) is 22.5 Å². The Morgan fingerprint density at radius 3 is 2.59 bits per heavy atom. The van der Waals surface area contributed by atoms with Gasteiger partial charge in [-0.15, -0.1) is 0 Å². The normalized spacial score (nSPS) is 14.9. The van der Waals surface area contributed by atoms with Crippen molar-refractivity contribution in [3.8, 4) is 11.8 Å². The smallest absolute Gasteiger partial charge is 0.249 e. The highest BCUT2D eigenvalue weighted by molar-refractivity contribution is 5.98. The lowest BCUT2D eigenvalue weighted by Gasteiger charge is -2.30. The van der Waals surface area contributed by atoms with Gasteiger partial charge in [0.1, 0.15) is 6.04 Å². The Kier molecular flexibility index (Phi) is 8.68. The number of rotatable bonds is 8. The molecular formula is C22H30N4O3. The average Bonchev–Trinajstić information content (AvgIpc) is 2.73. The van der Waals surface area contributed by atoms with E-state index < -0.39 is 11.9 Å². The average molecular weight is 399 g/mol. The molecule has 1 aliphatic rings. The van der Waals surface area contributed by atoms with Crippen LogP contribution in [-0.4, -0.2) is 52.0 Å². The van der Waals surface area contributed by atoms with Crippen molar-refractivity contribution in [2.24, 2.45) is 5.92 Å². The highest BCUT2D eigenvalue weighted by Gasteiger charge is 2.27. The van der Waals surface area contributed by atoms with Crippen LogP contribution in [0.4, 0.5) is 11.4 Å². The number of anilines is 2. The number of carbonyl (C=O) groups excluding carboxylic acids is 3. The first-order chi connectivity index (χ1) is 14.0. The fourth-order valence-corrected chi connectivity index (χ4v) is 3.45. The second kappa shape index (κ2) is 11.2. The predicted molar refractivity (Wildman–Crippen MR) is 115 cm³/mol. The molecule has 156 valence electrons. The molecule has 29 heavy (non-hydrogen) atoms. The molecule has 1 saturated heterocycles. The molecule has 1 unspecified atom stereocenters. The molecule has 0 saturated carbocycles. The zero-order valence-corrected chi connectivity index (χ0v) is 17.4. The van der Waals surface area contributed by atoms with E-state index in [0.717, 1.165) is 37.2 Å². The van der Waals surface area contributed by atoms with Crippen molar-refractivity contribution in [2.75, 3.05) is 37.0 Å². The highest BCUT2D eigenvalue weighted by Crippen LogP contribution is 2.31. The van der Waals surface area contributed by atoms with Crippen LogP contribution in [0.2, 0.25) is 0 Å². The van der Waals surface area contributed by atoms with Gasteiger partial charge >= 0.3 is 0 Å². The SMILES string of the molecule is CCCC(C(=O)NC=O)N(C=O)c1ccc(C#CC2CCNCC2)cc1N(C)C. The fraction of sp³-hybridized carbons (Fsp3) is 0.500. The van der Waals surface area contributed by atoms with Gasteiger partial charge in [-0.1, -0.05) is 25.2 Å². The van der Waals surface area contributed by atoms with Crippen molar-refractivity contribution in [1.82, 2.24) is 10.6 Å². The molecule has 1 aliphatic heterocycles. The lowest BCUT2D eigenvalue weighted by atomic mass is 9.98. The van der Waals surface area contributed by atoms with Crippen LogP contribution in [0.25, 0.3) is 0 Å². The third-order valence-electron chi connectivity index (χ3n) is 5.01. The Morgan fingerprint density at radius 2 is 2.00 bits per heavy atom. The molecule has 3 amide bonds. The van der Waals surface area contributed by atoms with Gasteiger partial charge in [0.15, 0.2) is 0 Å². The topological polar surface area (TPSA) is 81.8 Å². The van der Waals surface area contributed by atoms with Crippen molar-refractivity contribution < 1.29 is 14.4 Å². The molecule has 1 atom stereocenters. The van der Waals surface area contributed by atoms with Crippen molar-refractivity contribution in [3.05, 3.63) is 23.8 Å². The van der Waals surface area contributed by atoms with Crippen LogP contribution in [0, 0.1) is 17.8 Å². The Hall–Kier alpha value is -2.85. The maximum Gasteiger partial charge on any atom is 0.249 e. The maximum atomic E-state index is 12.3. The van der Waals surface area contributed by atoms with Crippen molar-refractivity contribution in [3.63, 3.8) is 0 Å². The number of hydrogen-bond donors (Lipinski definition) is 2. The largest absolute Gasteiger partial charge is 0.376 e.